The quantitative estimate of drug-likeness (QED) is 0.773. The Morgan fingerprint density at radius 3 is 2.75 bits per heavy atom. The molecule has 2 rings (SSSR count). The molecule has 1 N–H and O–H groups in total. The molecule has 1 aliphatic rings. The molecule has 1 atom stereocenters. The van der Waals surface area contributed by atoms with Gasteiger partial charge in [-0.3, -0.25) is 0 Å². The molecule has 1 aliphatic heterocycles. The van der Waals surface area contributed by atoms with Crippen LogP contribution in [0.25, 0.3) is 0 Å². The summed E-state index contributed by atoms with van der Waals surface area (Å²) in [5.74, 6) is 0.286. The van der Waals surface area contributed by atoms with E-state index in [-0.39, 0.29) is 11.7 Å². The van der Waals surface area contributed by atoms with Gasteiger partial charge in [0.05, 0.1) is 0 Å². The van der Waals surface area contributed by atoms with E-state index in [1.807, 2.05) is 0 Å². The van der Waals surface area contributed by atoms with Crippen molar-refractivity contribution in [2.45, 2.75) is 20.1 Å². The third-order valence-corrected chi connectivity index (χ3v) is 2.43. The van der Waals surface area contributed by atoms with Gasteiger partial charge in [0.25, 0.3) is 6.29 Å². The van der Waals surface area contributed by atoms with Crippen LogP contribution in [0.4, 0.5) is 0 Å². The lowest BCUT2D eigenvalue weighted by Crippen LogP contribution is -2.16. The Morgan fingerprint density at radius 1 is 1.38 bits per heavy atom. The molecule has 0 saturated carbocycles. The van der Waals surface area contributed by atoms with Crippen LogP contribution in [0.5, 0.6) is 11.5 Å². The number of rotatable bonds is 2. The Morgan fingerprint density at radius 2 is 2.12 bits per heavy atom. The van der Waals surface area contributed by atoms with Gasteiger partial charge < -0.3 is 14.6 Å². The molecule has 0 aromatic heterocycles. The van der Waals surface area contributed by atoms with Crippen molar-refractivity contribution in [3.8, 4) is 11.5 Å². The maximum Gasteiger partial charge on any atom is 0.336 e. The van der Waals surface area contributed by atoms with Gasteiger partial charge in [-0.2, -0.15) is 0 Å². The number of carbonyl (C=O) groups excluding carboxylic acids is 1. The van der Waals surface area contributed by atoms with Crippen LogP contribution in [-0.2, 0) is 9.53 Å². The third-order valence-electron chi connectivity index (χ3n) is 2.43. The highest BCUT2D eigenvalue weighted by molar-refractivity contribution is 5.90. The zero-order valence-corrected chi connectivity index (χ0v) is 9.06. The normalized spacial score (nSPS) is 19.2. The summed E-state index contributed by atoms with van der Waals surface area (Å²) in [7, 11) is 0. The Labute approximate surface area is 93.1 Å². The summed E-state index contributed by atoms with van der Waals surface area (Å²) in [5.41, 5.74) is 1.15. The second-order valence-electron chi connectivity index (χ2n) is 3.64. The Hall–Kier alpha value is -1.97. The van der Waals surface area contributed by atoms with E-state index in [4.69, 9.17) is 9.47 Å². The number of phenolic OH excluding ortho intramolecular Hbond substituents is 1. The van der Waals surface area contributed by atoms with Crippen molar-refractivity contribution in [1.82, 2.24) is 0 Å². The minimum absolute atomic E-state index is 0.155. The predicted molar refractivity (Wildman–Crippen MR) is 57.1 cm³/mol. The van der Waals surface area contributed by atoms with Crippen LogP contribution in [0.15, 0.2) is 29.8 Å². The zero-order valence-electron chi connectivity index (χ0n) is 9.06. The highest BCUT2D eigenvalue weighted by Crippen LogP contribution is 2.28. The SMILES string of the molecule is CC1=CC(Oc2cccc(O)c2C)OC1=O. The zero-order chi connectivity index (χ0) is 11.7. The van der Waals surface area contributed by atoms with E-state index in [0.717, 1.165) is 0 Å². The van der Waals surface area contributed by atoms with Crippen molar-refractivity contribution >= 4 is 5.97 Å². The summed E-state index contributed by atoms with van der Waals surface area (Å²) < 4.78 is 10.4. The van der Waals surface area contributed by atoms with Gasteiger partial charge in [0.2, 0.25) is 0 Å². The van der Waals surface area contributed by atoms with E-state index in [0.29, 0.717) is 16.9 Å². The lowest BCUT2D eigenvalue weighted by Gasteiger charge is -2.13. The molecule has 1 aromatic rings. The van der Waals surface area contributed by atoms with E-state index < -0.39 is 6.29 Å². The van der Waals surface area contributed by atoms with Crippen LogP contribution >= 0.6 is 0 Å². The molecule has 0 saturated heterocycles. The number of esters is 1. The number of ether oxygens (including phenoxy) is 2. The molecular formula is C12H12O4. The summed E-state index contributed by atoms with van der Waals surface area (Å²) in [5, 5.41) is 9.47. The number of cyclic esters (lactones) is 1. The van der Waals surface area contributed by atoms with Crippen molar-refractivity contribution in [3.05, 3.63) is 35.4 Å². The van der Waals surface area contributed by atoms with Crippen LogP contribution < -0.4 is 4.74 Å². The Balaban J connectivity index is 2.17. The summed E-state index contributed by atoms with van der Waals surface area (Å²) in [6, 6.07) is 4.96. The van der Waals surface area contributed by atoms with Gasteiger partial charge in [-0.15, -0.1) is 0 Å². The molecule has 1 aromatic carbocycles. The monoisotopic (exact) mass is 220 g/mol. The van der Waals surface area contributed by atoms with Crippen molar-refractivity contribution in [2.75, 3.05) is 0 Å². The van der Waals surface area contributed by atoms with Crippen LogP contribution in [0, 0.1) is 6.92 Å². The molecule has 0 aliphatic carbocycles. The number of hydrogen-bond acceptors (Lipinski definition) is 4. The Bertz CT molecular complexity index is 462. The number of phenols is 1. The van der Waals surface area contributed by atoms with E-state index >= 15 is 0 Å². The molecule has 1 heterocycles. The first-order valence-electron chi connectivity index (χ1n) is 4.92. The number of carbonyl (C=O) groups is 1. The summed E-state index contributed by atoms with van der Waals surface area (Å²) in [6.07, 6.45) is 0.902. The fraction of sp³-hybridized carbons (Fsp3) is 0.250. The molecule has 0 radical (unpaired) electrons. The molecule has 4 heteroatoms. The largest absolute Gasteiger partial charge is 0.508 e. The van der Waals surface area contributed by atoms with Crippen LogP contribution in [0.3, 0.4) is 0 Å². The van der Waals surface area contributed by atoms with Crippen molar-refractivity contribution in [3.63, 3.8) is 0 Å². The maximum absolute atomic E-state index is 11.1. The Kier molecular flexibility index (Phi) is 2.56. The smallest absolute Gasteiger partial charge is 0.336 e. The minimum atomic E-state index is -0.701. The summed E-state index contributed by atoms with van der Waals surface area (Å²) in [6.45, 7) is 3.40. The van der Waals surface area contributed by atoms with Crippen molar-refractivity contribution in [2.24, 2.45) is 0 Å². The van der Waals surface area contributed by atoms with Gasteiger partial charge in [0, 0.05) is 17.2 Å². The molecule has 0 bridgehead atoms. The lowest BCUT2D eigenvalue weighted by molar-refractivity contribution is -0.148. The maximum atomic E-state index is 11.1. The summed E-state index contributed by atoms with van der Waals surface area (Å²) in [4.78, 5) is 11.1. The molecule has 1 unspecified atom stereocenters. The highest BCUT2D eigenvalue weighted by atomic mass is 16.7. The third kappa shape index (κ3) is 1.86. The second kappa shape index (κ2) is 3.89. The molecule has 16 heavy (non-hydrogen) atoms. The number of benzene rings is 1. The average molecular weight is 220 g/mol. The first-order valence-corrected chi connectivity index (χ1v) is 4.92. The number of aromatic hydroxyl groups is 1. The van der Waals surface area contributed by atoms with Gasteiger partial charge in [-0.25, -0.2) is 4.79 Å². The van der Waals surface area contributed by atoms with Crippen LogP contribution in [-0.4, -0.2) is 17.4 Å². The van der Waals surface area contributed by atoms with Crippen molar-refractivity contribution < 1.29 is 19.4 Å². The molecule has 0 spiro atoms. The average Bonchev–Trinajstić information content (AvgIpc) is 2.54. The first-order chi connectivity index (χ1) is 7.58. The molecule has 4 nitrogen and oxygen atoms in total. The van der Waals surface area contributed by atoms with Gasteiger partial charge in [0.1, 0.15) is 11.5 Å². The number of hydrogen-bond donors (Lipinski definition) is 1. The molecule has 84 valence electrons. The van der Waals surface area contributed by atoms with Crippen LogP contribution in [0.2, 0.25) is 0 Å². The molecular weight excluding hydrogens is 208 g/mol. The highest BCUT2D eigenvalue weighted by Gasteiger charge is 2.24. The van der Waals surface area contributed by atoms with Crippen LogP contribution in [0.1, 0.15) is 12.5 Å². The predicted octanol–water partition coefficient (Wildman–Crippen LogP) is 1.91. The fourth-order valence-electron chi connectivity index (χ4n) is 1.42. The standard InChI is InChI=1S/C12H12O4/c1-7-6-11(16-12(7)14)15-10-5-3-4-9(13)8(10)2/h3-6,11,13H,1-2H3. The lowest BCUT2D eigenvalue weighted by atomic mass is 10.2. The minimum Gasteiger partial charge on any atom is -0.508 e. The van der Waals surface area contributed by atoms with Gasteiger partial charge in [-0.05, 0) is 26.0 Å². The van der Waals surface area contributed by atoms with E-state index in [2.05, 4.69) is 0 Å². The topological polar surface area (TPSA) is 55.8 Å². The molecule has 0 amide bonds. The van der Waals surface area contributed by atoms with Gasteiger partial charge in [0.15, 0.2) is 0 Å². The second-order valence-corrected chi connectivity index (χ2v) is 3.64. The fourth-order valence-corrected chi connectivity index (χ4v) is 1.42. The van der Waals surface area contributed by atoms with Crippen molar-refractivity contribution in [1.29, 1.82) is 0 Å². The van der Waals surface area contributed by atoms with Gasteiger partial charge >= 0.3 is 5.97 Å². The first kappa shape index (κ1) is 10.5. The van der Waals surface area contributed by atoms with Gasteiger partial charge in [-0.1, -0.05) is 6.07 Å². The summed E-state index contributed by atoms with van der Waals surface area (Å²) >= 11 is 0. The van der Waals surface area contributed by atoms with E-state index in [9.17, 15) is 9.90 Å². The van der Waals surface area contributed by atoms with E-state index in [1.54, 1.807) is 38.1 Å². The van der Waals surface area contributed by atoms with E-state index in [1.165, 1.54) is 0 Å². The molecule has 0 fully saturated rings.